The van der Waals surface area contributed by atoms with Gasteiger partial charge in [0.1, 0.15) is 48.3 Å². The standard InChI is InChI=1S/C14H21NO14S/c1-4(16)15-8-10(19)11(7(27-13(8)22)3-26-30(23,24)25)29-14-9(18)5(17)2-6(28-14)12(20)21/h2,5,7-11,13-14,17-19,22H,3H2,1H3,(H,15,16)(H,20,21)(H,23,24,25)/p-2/t5-,7+,8+,9+,10+,11-,13?,14-/m0/s1. The number of rotatable bonds is 7. The van der Waals surface area contributed by atoms with Gasteiger partial charge < -0.3 is 54.4 Å². The van der Waals surface area contributed by atoms with E-state index in [0.717, 1.165) is 6.92 Å². The van der Waals surface area contributed by atoms with Gasteiger partial charge in [-0.05, 0) is 6.08 Å². The van der Waals surface area contributed by atoms with E-state index < -0.39 is 83.8 Å². The molecule has 172 valence electrons. The Bertz CT molecular complexity index is 784. The van der Waals surface area contributed by atoms with Crippen molar-refractivity contribution >= 4 is 22.3 Å². The van der Waals surface area contributed by atoms with Crippen LogP contribution in [0, 0.1) is 0 Å². The van der Waals surface area contributed by atoms with Gasteiger partial charge >= 0.3 is 0 Å². The number of aliphatic hydroxyl groups is 4. The number of ether oxygens (including phenoxy) is 3. The molecule has 1 unspecified atom stereocenters. The normalized spacial score (nSPS) is 37.1. The van der Waals surface area contributed by atoms with Crippen LogP contribution in [0.1, 0.15) is 6.92 Å². The predicted molar refractivity (Wildman–Crippen MR) is 85.0 cm³/mol. The van der Waals surface area contributed by atoms with Crippen LogP contribution in [0.25, 0.3) is 0 Å². The van der Waals surface area contributed by atoms with Crippen LogP contribution in [0.15, 0.2) is 11.8 Å². The maximum absolute atomic E-state index is 11.3. The molecule has 0 aliphatic carbocycles. The van der Waals surface area contributed by atoms with E-state index in [4.69, 9.17) is 14.2 Å². The van der Waals surface area contributed by atoms with Gasteiger partial charge in [0.05, 0.1) is 6.61 Å². The number of nitrogens with one attached hydrogen (secondary N) is 1. The van der Waals surface area contributed by atoms with Gasteiger partial charge in [-0.2, -0.15) is 0 Å². The van der Waals surface area contributed by atoms with Crippen molar-refractivity contribution in [2.24, 2.45) is 0 Å². The highest BCUT2D eigenvalue weighted by molar-refractivity contribution is 7.80. The van der Waals surface area contributed by atoms with Crippen molar-refractivity contribution in [1.29, 1.82) is 0 Å². The lowest BCUT2D eigenvalue weighted by Gasteiger charge is -2.44. The van der Waals surface area contributed by atoms with E-state index in [0.29, 0.717) is 6.08 Å². The molecule has 0 saturated carbocycles. The fraction of sp³-hybridized carbons (Fsp3) is 0.714. The van der Waals surface area contributed by atoms with Crippen molar-refractivity contribution in [2.45, 2.75) is 56.1 Å². The summed E-state index contributed by atoms with van der Waals surface area (Å²) in [7, 11) is -5.22. The molecule has 1 amide bonds. The first-order valence-corrected chi connectivity index (χ1v) is 9.64. The molecule has 0 spiro atoms. The second kappa shape index (κ2) is 9.50. The number of carbonyl (C=O) groups is 2. The van der Waals surface area contributed by atoms with E-state index in [1.165, 1.54) is 0 Å². The highest BCUT2D eigenvalue weighted by atomic mass is 32.3. The van der Waals surface area contributed by atoms with E-state index in [1.807, 2.05) is 0 Å². The number of aliphatic hydroxyl groups excluding tert-OH is 4. The van der Waals surface area contributed by atoms with Crippen LogP contribution >= 0.6 is 0 Å². The maximum Gasteiger partial charge on any atom is 0.229 e. The lowest BCUT2D eigenvalue weighted by atomic mass is 9.96. The van der Waals surface area contributed by atoms with Gasteiger partial charge in [-0.15, -0.1) is 0 Å². The second-order valence-corrected chi connectivity index (χ2v) is 7.41. The Morgan fingerprint density at radius 1 is 1.23 bits per heavy atom. The fourth-order valence-corrected chi connectivity index (χ4v) is 3.11. The lowest BCUT2D eigenvalue weighted by Crippen LogP contribution is -2.66. The van der Waals surface area contributed by atoms with E-state index >= 15 is 0 Å². The van der Waals surface area contributed by atoms with Gasteiger partial charge in [0.15, 0.2) is 6.29 Å². The number of carboxylic acids is 1. The first kappa shape index (κ1) is 24.4. The van der Waals surface area contributed by atoms with Gasteiger partial charge in [0.2, 0.25) is 22.6 Å². The molecule has 0 aromatic heterocycles. The molecule has 0 aromatic rings. The van der Waals surface area contributed by atoms with Crippen LogP contribution in [-0.4, -0.2) is 101 Å². The summed E-state index contributed by atoms with van der Waals surface area (Å²) in [5.74, 6) is -3.47. The third-order valence-corrected chi connectivity index (χ3v) is 4.55. The van der Waals surface area contributed by atoms with Crippen LogP contribution < -0.4 is 10.4 Å². The Morgan fingerprint density at radius 2 is 1.87 bits per heavy atom. The molecule has 1 saturated heterocycles. The van der Waals surface area contributed by atoms with Crippen molar-refractivity contribution in [3.63, 3.8) is 0 Å². The SMILES string of the molecule is CC(=O)N[C@H]1C(O)O[C@H](COS(=O)(=O)[O-])[C@H](O[C@@H]2OC(C(=O)[O-])=C[C@H](O)[C@H]2O)[C@@H]1O. The number of amides is 1. The second-order valence-electron chi connectivity index (χ2n) is 6.36. The molecule has 8 atom stereocenters. The van der Waals surface area contributed by atoms with Gasteiger partial charge in [-0.1, -0.05) is 0 Å². The summed E-state index contributed by atoms with van der Waals surface area (Å²) in [6.45, 7) is -0.0121. The van der Waals surface area contributed by atoms with Crippen LogP contribution in [0.3, 0.4) is 0 Å². The summed E-state index contributed by atoms with van der Waals surface area (Å²) in [5, 5.41) is 53.3. The topological polar surface area (TPSA) is 244 Å². The lowest BCUT2D eigenvalue weighted by molar-refractivity contribution is -0.321. The molecule has 1 fully saturated rings. The molecule has 16 heteroatoms. The van der Waals surface area contributed by atoms with Crippen LogP contribution in [0.4, 0.5) is 0 Å². The smallest absolute Gasteiger partial charge is 0.229 e. The van der Waals surface area contributed by atoms with Gasteiger partial charge in [0, 0.05) is 6.92 Å². The maximum atomic E-state index is 11.3. The monoisotopic (exact) mass is 457 g/mol. The molecule has 0 aromatic carbocycles. The van der Waals surface area contributed by atoms with Crippen molar-refractivity contribution < 1.29 is 66.5 Å². The number of carbonyl (C=O) groups excluding carboxylic acids is 2. The Morgan fingerprint density at radius 3 is 2.40 bits per heavy atom. The zero-order chi connectivity index (χ0) is 22.8. The number of aliphatic carboxylic acids is 1. The molecule has 5 N–H and O–H groups in total. The van der Waals surface area contributed by atoms with Gasteiger partial charge in [-0.25, -0.2) is 8.42 Å². The average molecular weight is 457 g/mol. The van der Waals surface area contributed by atoms with Crippen LogP contribution in [0.5, 0.6) is 0 Å². The summed E-state index contributed by atoms with van der Waals surface area (Å²) in [6.07, 6.45) is -12.2. The highest BCUT2D eigenvalue weighted by Crippen LogP contribution is 2.28. The van der Waals surface area contributed by atoms with Crippen molar-refractivity contribution in [3.05, 3.63) is 11.8 Å². The zero-order valence-electron chi connectivity index (χ0n) is 15.2. The molecular weight excluding hydrogens is 438 g/mol. The average Bonchev–Trinajstić information content (AvgIpc) is 2.61. The number of hydrogen-bond donors (Lipinski definition) is 5. The molecule has 15 nitrogen and oxygen atoms in total. The Balaban J connectivity index is 2.27. The Hall–Kier alpha value is -1.89. The van der Waals surface area contributed by atoms with Gasteiger partial charge in [0.25, 0.3) is 0 Å². The first-order chi connectivity index (χ1) is 13.8. The largest absolute Gasteiger partial charge is 0.726 e. The van der Waals surface area contributed by atoms with Crippen molar-refractivity contribution in [2.75, 3.05) is 6.61 Å². The molecular formula is C14H19NO14S-2. The minimum absolute atomic E-state index is 0.627. The summed E-state index contributed by atoms with van der Waals surface area (Å²) in [5.41, 5.74) is 0. The summed E-state index contributed by atoms with van der Waals surface area (Å²) in [4.78, 5) is 22.3. The molecule has 0 bridgehead atoms. The Kier molecular flexibility index (Phi) is 7.72. The molecule has 2 rings (SSSR count). The quantitative estimate of drug-likeness (QED) is 0.177. The third-order valence-electron chi connectivity index (χ3n) is 4.13. The molecule has 0 radical (unpaired) electrons. The van der Waals surface area contributed by atoms with Crippen LogP contribution in [0.2, 0.25) is 0 Å². The van der Waals surface area contributed by atoms with Crippen molar-refractivity contribution in [3.8, 4) is 0 Å². The number of carboxylic acid groups (broad SMARTS) is 1. The number of hydrogen-bond acceptors (Lipinski definition) is 14. The van der Waals surface area contributed by atoms with E-state index in [2.05, 4.69) is 9.50 Å². The molecule has 2 aliphatic rings. The first-order valence-electron chi connectivity index (χ1n) is 8.30. The minimum Gasteiger partial charge on any atom is -0.726 e. The highest BCUT2D eigenvalue weighted by Gasteiger charge is 2.49. The predicted octanol–water partition coefficient (Wildman–Crippen LogP) is -5.86. The fourth-order valence-electron chi connectivity index (χ4n) is 2.81. The van der Waals surface area contributed by atoms with E-state index in [9.17, 15) is 48.1 Å². The third kappa shape index (κ3) is 6.06. The summed E-state index contributed by atoms with van der Waals surface area (Å²) in [6, 6.07) is -1.52. The van der Waals surface area contributed by atoms with Gasteiger partial charge in [-0.3, -0.25) is 8.98 Å². The summed E-state index contributed by atoms with van der Waals surface area (Å²) < 4.78 is 51.4. The molecule has 2 heterocycles. The minimum atomic E-state index is -5.22. The molecule has 2 aliphatic heterocycles. The summed E-state index contributed by atoms with van der Waals surface area (Å²) >= 11 is 0. The van der Waals surface area contributed by atoms with E-state index in [-0.39, 0.29) is 0 Å². The van der Waals surface area contributed by atoms with E-state index in [1.54, 1.807) is 0 Å². The molecule has 30 heavy (non-hydrogen) atoms. The van der Waals surface area contributed by atoms with Crippen molar-refractivity contribution in [1.82, 2.24) is 5.32 Å². The van der Waals surface area contributed by atoms with Crippen LogP contribution in [-0.2, 0) is 38.4 Å². The Labute approximate surface area is 169 Å². The zero-order valence-corrected chi connectivity index (χ0v) is 16.0.